The second-order valence-electron chi connectivity index (χ2n) is 5.09. The Hall–Kier alpha value is -1.56. The van der Waals surface area contributed by atoms with E-state index in [2.05, 4.69) is 5.32 Å². The summed E-state index contributed by atoms with van der Waals surface area (Å²) in [5.41, 5.74) is 1.50. The van der Waals surface area contributed by atoms with Gasteiger partial charge in [0.25, 0.3) is 5.91 Å². The molecule has 0 aliphatic heterocycles. The number of carbonyl (C=O) groups excluding carboxylic acids is 1. The van der Waals surface area contributed by atoms with Crippen LogP contribution in [0, 0.1) is 0 Å². The van der Waals surface area contributed by atoms with Crippen LogP contribution in [0.1, 0.15) is 15.9 Å². The zero-order chi connectivity index (χ0) is 18.2. The van der Waals surface area contributed by atoms with E-state index in [1.165, 1.54) is 14.2 Å². The van der Waals surface area contributed by atoms with Gasteiger partial charge >= 0.3 is 0 Å². The first kappa shape index (κ1) is 19.8. The summed E-state index contributed by atoms with van der Waals surface area (Å²) in [5, 5.41) is 3.99. The molecule has 1 amide bonds. The molecule has 0 aliphatic carbocycles. The molecule has 7 heteroatoms. The topological polar surface area (TPSA) is 47.6 Å². The molecular formula is C18H19Cl2NO3S. The van der Waals surface area contributed by atoms with Crippen molar-refractivity contribution in [2.24, 2.45) is 0 Å². The molecule has 0 atom stereocenters. The predicted octanol–water partition coefficient (Wildman–Crippen LogP) is 4.67. The van der Waals surface area contributed by atoms with Crippen LogP contribution in [0.25, 0.3) is 0 Å². The molecule has 1 N–H and O–H groups in total. The second kappa shape index (κ2) is 9.80. The number of amides is 1. The maximum atomic E-state index is 12.4. The Balaban J connectivity index is 1.84. The number of halogens is 2. The molecule has 2 aromatic carbocycles. The lowest BCUT2D eigenvalue weighted by atomic mass is 10.1. The van der Waals surface area contributed by atoms with E-state index < -0.39 is 0 Å². The Labute approximate surface area is 161 Å². The molecule has 0 saturated heterocycles. The van der Waals surface area contributed by atoms with Crippen molar-refractivity contribution in [2.45, 2.75) is 5.75 Å². The van der Waals surface area contributed by atoms with E-state index in [0.29, 0.717) is 33.7 Å². The third-order valence-corrected chi connectivity index (χ3v) is 5.21. The van der Waals surface area contributed by atoms with Crippen LogP contribution in [0.15, 0.2) is 36.4 Å². The van der Waals surface area contributed by atoms with Crippen LogP contribution in [0.5, 0.6) is 11.5 Å². The lowest BCUT2D eigenvalue weighted by Gasteiger charge is -2.13. The van der Waals surface area contributed by atoms with Gasteiger partial charge in [0.05, 0.1) is 24.3 Å². The first-order valence-electron chi connectivity index (χ1n) is 7.57. The summed E-state index contributed by atoms with van der Waals surface area (Å²) in [6, 6.07) is 10.8. The van der Waals surface area contributed by atoms with Gasteiger partial charge in [-0.15, -0.1) is 0 Å². The first-order valence-corrected chi connectivity index (χ1v) is 9.48. The molecule has 2 aromatic rings. The van der Waals surface area contributed by atoms with Gasteiger partial charge in [-0.2, -0.15) is 11.8 Å². The van der Waals surface area contributed by atoms with Gasteiger partial charge in [-0.1, -0.05) is 35.3 Å². The molecule has 0 unspecified atom stereocenters. The van der Waals surface area contributed by atoms with Crippen molar-refractivity contribution in [1.82, 2.24) is 5.32 Å². The largest absolute Gasteiger partial charge is 0.496 e. The fourth-order valence-corrected chi connectivity index (χ4v) is 3.35. The highest BCUT2D eigenvalue weighted by molar-refractivity contribution is 7.98. The summed E-state index contributed by atoms with van der Waals surface area (Å²) in [5.74, 6) is 2.32. The van der Waals surface area contributed by atoms with Gasteiger partial charge in [0, 0.05) is 18.1 Å². The molecule has 25 heavy (non-hydrogen) atoms. The molecule has 0 fully saturated rings. The van der Waals surface area contributed by atoms with E-state index in [-0.39, 0.29) is 5.91 Å². The van der Waals surface area contributed by atoms with Crippen LogP contribution < -0.4 is 14.8 Å². The lowest BCUT2D eigenvalue weighted by Crippen LogP contribution is -2.26. The van der Waals surface area contributed by atoms with Gasteiger partial charge < -0.3 is 14.8 Å². The monoisotopic (exact) mass is 399 g/mol. The van der Waals surface area contributed by atoms with Crippen LogP contribution >= 0.6 is 35.0 Å². The van der Waals surface area contributed by atoms with Gasteiger partial charge in [-0.05, 0) is 29.8 Å². The number of benzene rings is 2. The molecule has 0 heterocycles. The highest BCUT2D eigenvalue weighted by Gasteiger charge is 2.17. The summed E-state index contributed by atoms with van der Waals surface area (Å²) in [4.78, 5) is 12.4. The Morgan fingerprint density at radius 1 is 1.08 bits per heavy atom. The summed E-state index contributed by atoms with van der Waals surface area (Å²) >= 11 is 13.6. The van der Waals surface area contributed by atoms with E-state index in [0.717, 1.165) is 17.1 Å². The van der Waals surface area contributed by atoms with E-state index in [1.807, 2.05) is 12.1 Å². The standard InChI is InChI=1S/C18H19Cl2NO3S/c1-23-15-4-3-5-16(24-2)17(15)18(22)21-8-9-25-11-12-6-7-13(19)14(20)10-12/h3-7,10H,8-9,11H2,1-2H3,(H,21,22). The van der Waals surface area contributed by atoms with Gasteiger partial charge in [0.15, 0.2) is 0 Å². The van der Waals surface area contributed by atoms with E-state index in [4.69, 9.17) is 32.7 Å². The zero-order valence-corrected chi connectivity index (χ0v) is 16.3. The van der Waals surface area contributed by atoms with Crippen molar-refractivity contribution in [3.8, 4) is 11.5 Å². The number of nitrogens with one attached hydrogen (secondary N) is 1. The van der Waals surface area contributed by atoms with Gasteiger partial charge in [-0.3, -0.25) is 4.79 Å². The number of hydrogen-bond donors (Lipinski definition) is 1. The normalized spacial score (nSPS) is 10.4. The van der Waals surface area contributed by atoms with Crippen molar-refractivity contribution < 1.29 is 14.3 Å². The first-order chi connectivity index (χ1) is 12.1. The molecule has 0 aromatic heterocycles. The van der Waals surface area contributed by atoms with Crippen LogP contribution in [0.4, 0.5) is 0 Å². The van der Waals surface area contributed by atoms with E-state index in [9.17, 15) is 4.79 Å². The molecule has 0 radical (unpaired) electrons. The molecule has 2 rings (SSSR count). The Bertz CT molecular complexity index is 718. The van der Waals surface area contributed by atoms with Crippen molar-refractivity contribution in [3.63, 3.8) is 0 Å². The number of hydrogen-bond acceptors (Lipinski definition) is 4. The average Bonchev–Trinajstić information content (AvgIpc) is 2.63. The van der Waals surface area contributed by atoms with Gasteiger partial charge in [0.1, 0.15) is 17.1 Å². The zero-order valence-electron chi connectivity index (χ0n) is 14.0. The Morgan fingerprint density at radius 2 is 1.76 bits per heavy atom. The molecule has 4 nitrogen and oxygen atoms in total. The van der Waals surface area contributed by atoms with Gasteiger partial charge in [0.2, 0.25) is 0 Å². The van der Waals surface area contributed by atoms with Crippen LogP contribution in [-0.4, -0.2) is 32.4 Å². The SMILES string of the molecule is COc1cccc(OC)c1C(=O)NCCSCc1ccc(Cl)c(Cl)c1. The fourth-order valence-electron chi connectivity index (χ4n) is 2.22. The quantitative estimate of drug-likeness (QED) is 0.654. The van der Waals surface area contributed by atoms with Crippen molar-refractivity contribution in [3.05, 3.63) is 57.6 Å². The minimum atomic E-state index is -0.218. The maximum Gasteiger partial charge on any atom is 0.258 e. The van der Waals surface area contributed by atoms with Crippen LogP contribution in [0.2, 0.25) is 10.0 Å². The van der Waals surface area contributed by atoms with Crippen molar-refractivity contribution in [2.75, 3.05) is 26.5 Å². The second-order valence-corrected chi connectivity index (χ2v) is 7.01. The fraction of sp³-hybridized carbons (Fsp3) is 0.278. The summed E-state index contributed by atoms with van der Waals surface area (Å²) < 4.78 is 10.5. The Morgan fingerprint density at radius 3 is 2.36 bits per heavy atom. The third kappa shape index (κ3) is 5.46. The maximum absolute atomic E-state index is 12.4. The highest BCUT2D eigenvalue weighted by Crippen LogP contribution is 2.28. The molecule has 0 saturated carbocycles. The van der Waals surface area contributed by atoms with Gasteiger partial charge in [-0.25, -0.2) is 0 Å². The average molecular weight is 400 g/mol. The minimum Gasteiger partial charge on any atom is -0.496 e. The van der Waals surface area contributed by atoms with E-state index in [1.54, 1.807) is 36.0 Å². The summed E-state index contributed by atoms with van der Waals surface area (Å²) in [6.45, 7) is 0.534. The molecule has 134 valence electrons. The Kier molecular flexibility index (Phi) is 7.75. The lowest BCUT2D eigenvalue weighted by molar-refractivity contribution is 0.0950. The molecular weight excluding hydrogens is 381 g/mol. The number of thioether (sulfide) groups is 1. The number of rotatable bonds is 8. The highest BCUT2D eigenvalue weighted by atomic mass is 35.5. The predicted molar refractivity (Wildman–Crippen MR) is 105 cm³/mol. The smallest absolute Gasteiger partial charge is 0.258 e. The van der Waals surface area contributed by atoms with E-state index >= 15 is 0 Å². The summed E-state index contributed by atoms with van der Waals surface area (Å²) in [7, 11) is 3.05. The van der Waals surface area contributed by atoms with Crippen LogP contribution in [0.3, 0.4) is 0 Å². The molecule has 0 bridgehead atoms. The van der Waals surface area contributed by atoms with Crippen LogP contribution in [-0.2, 0) is 5.75 Å². The minimum absolute atomic E-state index is 0.218. The third-order valence-electron chi connectivity index (χ3n) is 3.44. The summed E-state index contributed by atoms with van der Waals surface area (Å²) in [6.07, 6.45) is 0. The number of carbonyl (C=O) groups is 1. The number of methoxy groups -OCH3 is 2. The van der Waals surface area contributed by atoms with Crippen molar-refractivity contribution in [1.29, 1.82) is 0 Å². The molecule has 0 spiro atoms. The molecule has 0 aliphatic rings. The number of ether oxygens (including phenoxy) is 2. The van der Waals surface area contributed by atoms with Crippen molar-refractivity contribution >= 4 is 40.9 Å².